The van der Waals surface area contributed by atoms with Crippen molar-refractivity contribution >= 4 is 35.3 Å². The zero-order chi connectivity index (χ0) is 33.1. The molecule has 0 radical (unpaired) electrons. The minimum absolute atomic E-state index is 0.0386. The molecule has 0 aromatic heterocycles. The molecule has 0 saturated carbocycles. The highest BCUT2D eigenvalue weighted by Gasteiger charge is 2.37. The van der Waals surface area contributed by atoms with Crippen LogP contribution in [-0.4, -0.2) is 103 Å². The SMILES string of the molecule is Cc1cc(C[C@@H](OC(=O)N2CCC(N3CCc4ccccc4NC3=O)CC2)C(=O)N2CCC(C3CCN(C)CC3)CC2)cc(C)c1Cl. The smallest absolute Gasteiger partial charge is 0.410 e. The number of aryl methyl sites for hydroxylation is 2. The fraction of sp³-hybridized carbons (Fsp3) is 0.595. The number of amides is 4. The first-order chi connectivity index (χ1) is 22.7. The molecule has 47 heavy (non-hydrogen) atoms. The van der Waals surface area contributed by atoms with Crippen LogP contribution >= 0.6 is 11.6 Å². The van der Waals surface area contributed by atoms with Crippen molar-refractivity contribution in [2.24, 2.45) is 11.8 Å². The van der Waals surface area contributed by atoms with Crippen LogP contribution in [0.3, 0.4) is 0 Å². The van der Waals surface area contributed by atoms with Crippen molar-refractivity contribution in [2.45, 2.75) is 77.4 Å². The number of anilines is 1. The monoisotopic (exact) mass is 663 g/mol. The summed E-state index contributed by atoms with van der Waals surface area (Å²) in [6.45, 7) is 9.22. The summed E-state index contributed by atoms with van der Waals surface area (Å²) in [5, 5.41) is 3.78. The Morgan fingerprint density at radius 2 is 1.47 bits per heavy atom. The quantitative estimate of drug-likeness (QED) is 0.402. The Balaban J connectivity index is 1.08. The van der Waals surface area contributed by atoms with E-state index in [-0.39, 0.29) is 18.0 Å². The molecule has 3 saturated heterocycles. The van der Waals surface area contributed by atoms with E-state index in [9.17, 15) is 14.4 Å². The number of likely N-dealkylation sites (tertiary alicyclic amines) is 3. The first kappa shape index (κ1) is 33.6. The predicted molar refractivity (Wildman–Crippen MR) is 185 cm³/mol. The van der Waals surface area contributed by atoms with E-state index in [1.165, 1.54) is 12.8 Å². The molecule has 4 heterocycles. The number of fused-ring (bicyclic) bond motifs is 1. The fourth-order valence-electron chi connectivity index (χ4n) is 8.14. The molecule has 0 spiro atoms. The zero-order valence-electron chi connectivity index (χ0n) is 28.2. The van der Waals surface area contributed by atoms with Gasteiger partial charge in [-0.05, 0) is 119 Å². The Kier molecular flexibility index (Phi) is 10.6. The number of nitrogens with one attached hydrogen (secondary N) is 1. The molecule has 6 rings (SSSR count). The molecule has 1 N–H and O–H groups in total. The van der Waals surface area contributed by atoms with E-state index in [0.29, 0.717) is 57.9 Å². The van der Waals surface area contributed by atoms with Gasteiger partial charge in [-0.3, -0.25) is 4.79 Å². The van der Waals surface area contributed by atoms with Crippen LogP contribution in [-0.2, 0) is 22.4 Å². The number of para-hydroxylation sites is 1. The number of urea groups is 1. The molecule has 4 amide bonds. The minimum atomic E-state index is -0.907. The Morgan fingerprint density at radius 1 is 0.872 bits per heavy atom. The number of halogens is 1. The fourth-order valence-corrected chi connectivity index (χ4v) is 8.25. The van der Waals surface area contributed by atoms with Gasteiger partial charge in [0.1, 0.15) is 0 Å². The zero-order valence-corrected chi connectivity index (χ0v) is 28.9. The number of piperidine rings is 3. The van der Waals surface area contributed by atoms with Crippen LogP contribution in [0, 0.1) is 25.7 Å². The van der Waals surface area contributed by atoms with Crippen molar-refractivity contribution in [1.29, 1.82) is 0 Å². The third-order valence-corrected chi connectivity index (χ3v) is 11.6. The second-order valence-corrected chi connectivity index (χ2v) is 14.6. The lowest BCUT2D eigenvalue weighted by Gasteiger charge is -2.40. The summed E-state index contributed by atoms with van der Waals surface area (Å²) in [7, 11) is 2.19. The van der Waals surface area contributed by atoms with E-state index in [2.05, 4.69) is 23.3 Å². The molecule has 3 fully saturated rings. The van der Waals surface area contributed by atoms with Gasteiger partial charge in [0.25, 0.3) is 5.91 Å². The molecular formula is C37H50ClN5O4. The third-order valence-electron chi connectivity index (χ3n) is 11.0. The van der Waals surface area contributed by atoms with E-state index in [4.69, 9.17) is 16.3 Å². The molecule has 2 aromatic carbocycles. The maximum absolute atomic E-state index is 14.1. The molecule has 1 atom stereocenters. The first-order valence-corrected chi connectivity index (χ1v) is 17.9. The summed E-state index contributed by atoms with van der Waals surface area (Å²) in [5.74, 6) is 1.27. The van der Waals surface area contributed by atoms with Crippen LogP contribution in [0.15, 0.2) is 36.4 Å². The van der Waals surface area contributed by atoms with Gasteiger partial charge < -0.3 is 29.7 Å². The Labute approximate surface area is 284 Å². The van der Waals surface area contributed by atoms with Gasteiger partial charge in [-0.1, -0.05) is 41.9 Å². The summed E-state index contributed by atoms with van der Waals surface area (Å²) in [4.78, 5) is 48.7. The predicted octanol–water partition coefficient (Wildman–Crippen LogP) is 6.14. The molecule has 0 bridgehead atoms. The molecule has 2 aromatic rings. The number of hydrogen-bond donors (Lipinski definition) is 1. The van der Waals surface area contributed by atoms with E-state index < -0.39 is 12.2 Å². The van der Waals surface area contributed by atoms with Gasteiger partial charge in [-0.25, -0.2) is 9.59 Å². The van der Waals surface area contributed by atoms with Crippen LogP contribution in [0.1, 0.15) is 60.8 Å². The maximum Gasteiger partial charge on any atom is 0.410 e. The van der Waals surface area contributed by atoms with Crippen molar-refractivity contribution < 1.29 is 19.1 Å². The van der Waals surface area contributed by atoms with E-state index in [1.54, 1.807) is 4.90 Å². The molecule has 254 valence electrons. The lowest BCUT2D eigenvalue weighted by molar-refractivity contribution is -0.142. The van der Waals surface area contributed by atoms with Crippen LogP contribution < -0.4 is 5.32 Å². The maximum atomic E-state index is 14.1. The van der Waals surface area contributed by atoms with Crippen molar-refractivity contribution in [3.8, 4) is 0 Å². The lowest BCUT2D eigenvalue weighted by Crippen LogP contribution is -2.52. The van der Waals surface area contributed by atoms with Gasteiger partial charge in [0, 0.05) is 55.9 Å². The highest BCUT2D eigenvalue weighted by molar-refractivity contribution is 6.32. The molecule has 0 unspecified atom stereocenters. The van der Waals surface area contributed by atoms with Gasteiger partial charge in [0.2, 0.25) is 0 Å². The van der Waals surface area contributed by atoms with Crippen LogP contribution in [0.5, 0.6) is 0 Å². The van der Waals surface area contributed by atoms with Gasteiger partial charge >= 0.3 is 12.1 Å². The molecule has 10 heteroatoms. The Bertz CT molecular complexity index is 1420. The van der Waals surface area contributed by atoms with Crippen molar-refractivity contribution in [1.82, 2.24) is 19.6 Å². The van der Waals surface area contributed by atoms with Crippen LogP contribution in [0.4, 0.5) is 15.3 Å². The first-order valence-electron chi connectivity index (χ1n) is 17.5. The number of carbonyl (C=O) groups excluding carboxylic acids is 3. The molecular weight excluding hydrogens is 614 g/mol. The standard InChI is InChI=1S/C37H50ClN5O4/c1-25-22-27(23-26(2)34(25)38)24-33(35(44)41-17-10-29(11-18-41)28-8-15-40(3)16-9-28)47-37(46)42-19-13-31(14-20-42)43-21-12-30-6-4-5-7-32(30)39-36(43)45/h4-7,22-23,28-29,31,33H,8-21,24H2,1-3H3,(H,39,45)/t33-/m1/s1. The number of ether oxygens (including phenoxy) is 1. The summed E-state index contributed by atoms with van der Waals surface area (Å²) in [6, 6.07) is 11.9. The van der Waals surface area contributed by atoms with Crippen LogP contribution in [0.25, 0.3) is 0 Å². The van der Waals surface area contributed by atoms with Gasteiger partial charge in [-0.2, -0.15) is 0 Å². The number of carbonyl (C=O) groups is 3. The third kappa shape index (κ3) is 7.89. The van der Waals surface area contributed by atoms with E-state index in [1.807, 2.05) is 54.0 Å². The Morgan fingerprint density at radius 3 is 2.13 bits per heavy atom. The normalized spacial score (nSPS) is 21.2. The van der Waals surface area contributed by atoms with Crippen LogP contribution in [0.2, 0.25) is 5.02 Å². The van der Waals surface area contributed by atoms with Crippen molar-refractivity contribution in [3.63, 3.8) is 0 Å². The number of rotatable bonds is 6. The second kappa shape index (κ2) is 14.9. The topological polar surface area (TPSA) is 85.4 Å². The summed E-state index contributed by atoms with van der Waals surface area (Å²) < 4.78 is 6.10. The van der Waals surface area contributed by atoms with Crippen molar-refractivity contribution in [2.75, 3.05) is 58.2 Å². The molecule has 4 aliphatic rings. The summed E-state index contributed by atoms with van der Waals surface area (Å²) in [6.07, 6.45) is 5.53. The molecule has 4 aliphatic heterocycles. The number of hydrogen-bond acceptors (Lipinski definition) is 5. The average molecular weight is 664 g/mol. The Hall–Kier alpha value is -3.30. The number of benzene rings is 2. The average Bonchev–Trinajstić information content (AvgIpc) is 3.25. The molecule has 9 nitrogen and oxygen atoms in total. The minimum Gasteiger partial charge on any atom is -0.436 e. The highest BCUT2D eigenvalue weighted by atomic mass is 35.5. The highest BCUT2D eigenvalue weighted by Crippen LogP contribution is 2.33. The lowest BCUT2D eigenvalue weighted by atomic mass is 9.79. The molecule has 0 aliphatic carbocycles. The number of nitrogens with zero attached hydrogens (tertiary/aromatic N) is 4. The van der Waals surface area contributed by atoms with Gasteiger partial charge in [0.15, 0.2) is 6.10 Å². The summed E-state index contributed by atoms with van der Waals surface area (Å²) in [5.41, 5.74) is 4.83. The van der Waals surface area contributed by atoms with Crippen molar-refractivity contribution in [3.05, 3.63) is 63.7 Å². The largest absolute Gasteiger partial charge is 0.436 e. The van der Waals surface area contributed by atoms with Gasteiger partial charge in [-0.15, -0.1) is 0 Å². The van der Waals surface area contributed by atoms with E-state index in [0.717, 1.165) is 71.2 Å². The second-order valence-electron chi connectivity index (χ2n) is 14.2. The summed E-state index contributed by atoms with van der Waals surface area (Å²) >= 11 is 6.45. The van der Waals surface area contributed by atoms with E-state index >= 15 is 0 Å². The van der Waals surface area contributed by atoms with Gasteiger partial charge in [0.05, 0.1) is 0 Å².